The van der Waals surface area contributed by atoms with Crippen molar-refractivity contribution >= 4 is 18.3 Å². The van der Waals surface area contributed by atoms with Crippen LogP contribution in [0, 0.1) is 23.2 Å². The van der Waals surface area contributed by atoms with Gasteiger partial charge in [-0.2, -0.15) is 0 Å². The van der Waals surface area contributed by atoms with Crippen LogP contribution < -0.4 is 10.6 Å². The second-order valence-electron chi connectivity index (χ2n) is 7.92. The first-order valence-corrected chi connectivity index (χ1v) is 9.13. The van der Waals surface area contributed by atoms with Crippen LogP contribution in [0.4, 0.5) is 0 Å². The molecule has 1 saturated heterocycles. The van der Waals surface area contributed by atoms with E-state index in [2.05, 4.69) is 24.5 Å². The molecular weight excluding hydrogens is 296 g/mol. The fraction of sp³-hybridized carbons (Fsp3) is 0.944. The molecule has 0 bridgehead atoms. The van der Waals surface area contributed by atoms with Crippen molar-refractivity contribution in [1.29, 1.82) is 0 Å². The lowest BCUT2D eigenvalue weighted by Crippen LogP contribution is -2.42. The Balaban J connectivity index is 0.00000176. The number of carbonyl (C=O) groups excluding carboxylic acids is 1. The third kappa shape index (κ3) is 3.79. The SMILES string of the molecule is CC(NC(=O)C1CC12CCNCC2)C(C)C1CCCCC1.Cl. The number of hydrogen-bond donors (Lipinski definition) is 2. The molecule has 3 fully saturated rings. The summed E-state index contributed by atoms with van der Waals surface area (Å²) in [6.07, 6.45) is 10.4. The van der Waals surface area contributed by atoms with Crippen LogP contribution in [0.3, 0.4) is 0 Å². The molecule has 2 N–H and O–H groups in total. The van der Waals surface area contributed by atoms with Crippen LogP contribution >= 0.6 is 12.4 Å². The molecular formula is C18H33ClN2O. The highest BCUT2D eigenvalue weighted by Crippen LogP contribution is 2.58. The first kappa shape index (κ1) is 18.1. The lowest BCUT2D eigenvalue weighted by Gasteiger charge is -2.32. The summed E-state index contributed by atoms with van der Waals surface area (Å²) in [4.78, 5) is 12.5. The molecule has 0 aromatic heterocycles. The van der Waals surface area contributed by atoms with Gasteiger partial charge < -0.3 is 10.6 Å². The summed E-state index contributed by atoms with van der Waals surface area (Å²) in [7, 11) is 0. The van der Waals surface area contributed by atoms with Crippen molar-refractivity contribution in [3.8, 4) is 0 Å². The Labute approximate surface area is 141 Å². The van der Waals surface area contributed by atoms with Crippen molar-refractivity contribution in [2.45, 2.75) is 71.3 Å². The highest BCUT2D eigenvalue weighted by molar-refractivity contribution is 5.85. The van der Waals surface area contributed by atoms with Crippen LogP contribution in [0.1, 0.15) is 65.2 Å². The molecule has 3 unspecified atom stereocenters. The van der Waals surface area contributed by atoms with Crippen molar-refractivity contribution in [2.75, 3.05) is 13.1 Å². The van der Waals surface area contributed by atoms with Gasteiger partial charge in [0, 0.05) is 12.0 Å². The van der Waals surface area contributed by atoms with Crippen molar-refractivity contribution in [2.24, 2.45) is 23.2 Å². The van der Waals surface area contributed by atoms with Gasteiger partial charge in [0.15, 0.2) is 0 Å². The van der Waals surface area contributed by atoms with Gasteiger partial charge >= 0.3 is 0 Å². The van der Waals surface area contributed by atoms with Crippen LogP contribution in [0.5, 0.6) is 0 Å². The molecule has 3 aliphatic rings. The lowest BCUT2D eigenvalue weighted by atomic mass is 9.78. The predicted octanol–water partition coefficient (Wildman–Crippen LogP) is 3.52. The van der Waals surface area contributed by atoms with Crippen LogP contribution in [-0.4, -0.2) is 25.0 Å². The number of nitrogens with one attached hydrogen (secondary N) is 2. The maximum absolute atomic E-state index is 12.5. The molecule has 0 aromatic rings. The quantitative estimate of drug-likeness (QED) is 0.829. The van der Waals surface area contributed by atoms with Gasteiger partial charge in [0.25, 0.3) is 0 Å². The molecule has 3 nitrogen and oxygen atoms in total. The van der Waals surface area contributed by atoms with Crippen molar-refractivity contribution < 1.29 is 4.79 Å². The van der Waals surface area contributed by atoms with E-state index in [0.29, 0.717) is 29.2 Å². The van der Waals surface area contributed by atoms with Crippen molar-refractivity contribution in [3.05, 3.63) is 0 Å². The van der Waals surface area contributed by atoms with Crippen LogP contribution in [0.2, 0.25) is 0 Å². The zero-order chi connectivity index (χ0) is 14.9. The molecule has 1 spiro atoms. The fourth-order valence-corrected chi connectivity index (χ4v) is 4.72. The Morgan fingerprint density at radius 2 is 1.77 bits per heavy atom. The van der Waals surface area contributed by atoms with Gasteiger partial charge in [-0.05, 0) is 56.5 Å². The Bertz CT molecular complexity index is 375. The Hall–Kier alpha value is -0.280. The van der Waals surface area contributed by atoms with Crippen LogP contribution in [-0.2, 0) is 4.79 Å². The third-order valence-corrected chi connectivity index (χ3v) is 6.66. The maximum atomic E-state index is 12.5. The average molecular weight is 329 g/mol. The number of amides is 1. The summed E-state index contributed by atoms with van der Waals surface area (Å²) in [6.45, 7) is 6.75. The van der Waals surface area contributed by atoms with Crippen LogP contribution in [0.25, 0.3) is 0 Å². The second kappa shape index (κ2) is 7.53. The molecule has 0 radical (unpaired) electrons. The van der Waals surface area contributed by atoms with E-state index >= 15 is 0 Å². The highest BCUT2D eigenvalue weighted by atomic mass is 35.5. The standard InChI is InChI=1S/C18H32N2O.ClH/c1-13(15-6-4-3-5-7-15)14(2)20-17(21)16-12-18(16)8-10-19-11-9-18;/h13-16,19H,3-12H2,1-2H3,(H,20,21);1H. The smallest absolute Gasteiger partial charge is 0.223 e. The molecule has 1 amide bonds. The highest BCUT2D eigenvalue weighted by Gasteiger charge is 2.57. The summed E-state index contributed by atoms with van der Waals surface area (Å²) in [6, 6.07) is 0.333. The van der Waals surface area contributed by atoms with Gasteiger partial charge in [-0.3, -0.25) is 4.79 Å². The number of halogens is 1. The van der Waals surface area contributed by atoms with E-state index in [-0.39, 0.29) is 12.4 Å². The third-order valence-electron chi connectivity index (χ3n) is 6.66. The van der Waals surface area contributed by atoms with E-state index in [1.807, 2.05) is 0 Å². The monoisotopic (exact) mass is 328 g/mol. The zero-order valence-corrected chi connectivity index (χ0v) is 15.0. The topological polar surface area (TPSA) is 41.1 Å². The molecule has 2 aliphatic carbocycles. The van der Waals surface area contributed by atoms with Gasteiger partial charge in [-0.25, -0.2) is 0 Å². The van der Waals surface area contributed by atoms with Crippen molar-refractivity contribution in [3.63, 3.8) is 0 Å². The van der Waals surface area contributed by atoms with Gasteiger partial charge in [0.2, 0.25) is 5.91 Å². The first-order chi connectivity index (χ1) is 10.1. The molecule has 0 aromatic carbocycles. The molecule has 2 saturated carbocycles. The van der Waals surface area contributed by atoms with Gasteiger partial charge in [-0.15, -0.1) is 12.4 Å². The minimum atomic E-state index is 0. The minimum absolute atomic E-state index is 0. The van der Waals surface area contributed by atoms with E-state index in [9.17, 15) is 4.79 Å². The largest absolute Gasteiger partial charge is 0.353 e. The van der Waals surface area contributed by atoms with Crippen LogP contribution in [0.15, 0.2) is 0 Å². The predicted molar refractivity (Wildman–Crippen MR) is 93.2 cm³/mol. The van der Waals surface area contributed by atoms with E-state index in [4.69, 9.17) is 0 Å². The minimum Gasteiger partial charge on any atom is -0.353 e. The Morgan fingerprint density at radius 3 is 2.41 bits per heavy atom. The summed E-state index contributed by atoms with van der Waals surface area (Å²) >= 11 is 0. The van der Waals surface area contributed by atoms with E-state index in [0.717, 1.165) is 25.4 Å². The molecule has 3 atom stereocenters. The number of rotatable bonds is 4. The molecule has 128 valence electrons. The van der Waals surface area contributed by atoms with E-state index < -0.39 is 0 Å². The van der Waals surface area contributed by atoms with E-state index in [1.54, 1.807) is 0 Å². The summed E-state index contributed by atoms with van der Waals surface area (Å²) in [5, 5.41) is 6.76. The maximum Gasteiger partial charge on any atom is 0.223 e. The van der Waals surface area contributed by atoms with Gasteiger partial charge in [-0.1, -0.05) is 39.0 Å². The van der Waals surface area contributed by atoms with E-state index in [1.165, 1.54) is 44.9 Å². The molecule has 4 heteroatoms. The summed E-state index contributed by atoms with van der Waals surface area (Å²) in [5.74, 6) is 2.09. The molecule has 3 rings (SSSR count). The Morgan fingerprint density at radius 1 is 1.14 bits per heavy atom. The fourth-order valence-electron chi connectivity index (χ4n) is 4.72. The molecule has 1 heterocycles. The molecule has 22 heavy (non-hydrogen) atoms. The second-order valence-corrected chi connectivity index (χ2v) is 7.92. The van der Waals surface area contributed by atoms with Gasteiger partial charge in [0.1, 0.15) is 0 Å². The lowest BCUT2D eigenvalue weighted by molar-refractivity contribution is -0.124. The average Bonchev–Trinajstić information content (AvgIpc) is 3.21. The normalized spacial score (nSPS) is 30.2. The first-order valence-electron chi connectivity index (χ1n) is 9.13. The number of carbonyl (C=O) groups is 1. The van der Waals surface area contributed by atoms with Crippen molar-refractivity contribution in [1.82, 2.24) is 10.6 Å². The number of piperidine rings is 1. The Kier molecular flexibility index (Phi) is 6.18. The zero-order valence-electron chi connectivity index (χ0n) is 14.2. The summed E-state index contributed by atoms with van der Waals surface area (Å²) in [5.41, 5.74) is 0.364. The van der Waals surface area contributed by atoms with Gasteiger partial charge in [0.05, 0.1) is 0 Å². The summed E-state index contributed by atoms with van der Waals surface area (Å²) < 4.78 is 0. The molecule has 1 aliphatic heterocycles. The number of hydrogen-bond acceptors (Lipinski definition) is 2.